The summed E-state index contributed by atoms with van der Waals surface area (Å²) < 4.78 is 29.8. The van der Waals surface area contributed by atoms with Crippen molar-refractivity contribution in [3.8, 4) is 0 Å². The van der Waals surface area contributed by atoms with E-state index in [-0.39, 0.29) is 50.3 Å². The molecule has 1 spiro atoms. The van der Waals surface area contributed by atoms with Gasteiger partial charge in [-0.3, -0.25) is 9.59 Å². The fourth-order valence-corrected chi connectivity index (χ4v) is 7.68. The van der Waals surface area contributed by atoms with Crippen LogP contribution in [0, 0.1) is 5.92 Å². The normalized spacial score (nSPS) is 23.0. The minimum atomic E-state index is -1.11. The Bertz CT molecular complexity index is 1620. The summed E-state index contributed by atoms with van der Waals surface area (Å²) in [5, 5.41) is 10.6. The molecule has 0 saturated carbocycles. The molecule has 2 aromatic rings. The molecular weight excluding hydrogens is 708 g/mol. The minimum Gasteiger partial charge on any atom is -0.464 e. The van der Waals surface area contributed by atoms with Crippen LogP contribution in [0.2, 0.25) is 0 Å². The number of alkyl carbamates (subject to hydrolysis) is 2. The predicted octanol–water partition coefficient (Wildman–Crippen LogP) is 5.49. The van der Waals surface area contributed by atoms with Crippen molar-refractivity contribution in [2.45, 2.75) is 128 Å². The summed E-state index contributed by atoms with van der Waals surface area (Å²) in [6, 6.07) is 13.2. The van der Waals surface area contributed by atoms with Crippen LogP contribution in [0.4, 0.5) is 9.59 Å². The van der Waals surface area contributed by atoms with Crippen molar-refractivity contribution in [1.82, 2.24) is 20.9 Å². The highest BCUT2D eigenvalue weighted by Gasteiger charge is 2.47. The third-order valence-electron chi connectivity index (χ3n) is 10.2. The standard InChI is InChI=1S/C41H58N4O10/c1-4-51-38(48)35(23-28(2)3)44-36(46)18-17-31-24-33(53-40(50)43-26-30-13-7-12-29-11-5-6-15-34(29)30)25-41(54-31)19-8-14-32(55-41)27-52-39(49)42-20-10-22-45-21-9-16-37(45)47/h5-7,11-13,15,28,31-33,35H,4,8-10,14,16-27H2,1-3H3,(H,42,49)(H,43,50)(H,44,46)/t31?,32?,33?,35-,41?/m0/s1. The zero-order valence-corrected chi connectivity index (χ0v) is 32.5. The van der Waals surface area contributed by atoms with E-state index in [2.05, 4.69) is 16.0 Å². The number of amides is 4. The van der Waals surface area contributed by atoms with Gasteiger partial charge in [-0.1, -0.05) is 56.3 Å². The molecule has 0 aliphatic carbocycles. The Labute approximate surface area is 323 Å². The third-order valence-corrected chi connectivity index (χ3v) is 10.2. The molecule has 5 atom stereocenters. The maximum absolute atomic E-state index is 13.2. The van der Waals surface area contributed by atoms with E-state index in [1.165, 1.54) is 0 Å². The number of carbonyl (C=O) groups excluding carboxylic acids is 5. The van der Waals surface area contributed by atoms with Crippen LogP contribution in [0.15, 0.2) is 42.5 Å². The highest BCUT2D eigenvalue weighted by molar-refractivity contribution is 5.86. The Hall–Kier alpha value is -4.43. The van der Waals surface area contributed by atoms with Crippen LogP contribution in [0.5, 0.6) is 0 Å². The summed E-state index contributed by atoms with van der Waals surface area (Å²) in [4.78, 5) is 65.1. The van der Waals surface area contributed by atoms with E-state index in [9.17, 15) is 24.0 Å². The number of rotatable bonds is 17. The monoisotopic (exact) mass is 766 g/mol. The number of hydrogen-bond acceptors (Lipinski definition) is 10. The molecular formula is C41H58N4O10. The second kappa shape index (κ2) is 20.5. The van der Waals surface area contributed by atoms with Crippen LogP contribution >= 0.6 is 0 Å². The molecule has 4 amide bonds. The molecule has 2 aromatic carbocycles. The number of fused-ring (bicyclic) bond motifs is 1. The number of nitrogens with one attached hydrogen (secondary N) is 3. The Morgan fingerprint density at radius 2 is 1.78 bits per heavy atom. The average Bonchev–Trinajstić information content (AvgIpc) is 3.57. The van der Waals surface area contributed by atoms with Gasteiger partial charge in [0.05, 0.1) is 18.8 Å². The molecule has 3 heterocycles. The molecule has 3 N–H and O–H groups in total. The summed E-state index contributed by atoms with van der Waals surface area (Å²) in [5.74, 6) is -1.56. The molecule has 0 bridgehead atoms. The molecule has 3 saturated heterocycles. The van der Waals surface area contributed by atoms with Crippen molar-refractivity contribution < 1.29 is 47.7 Å². The summed E-state index contributed by atoms with van der Waals surface area (Å²) in [6.07, 6.45) is 2.79. The first-order chi connectivity index (χ1) is 26.5. The van der Waals surface area contributed by atoms with Crippen molar-refractivity contribution in [3.05, 3.63) is 48.0 Å². The number of esters is 1. The molecule has 302 valence electrons. The molecule has 3 aliphatic rings. The van der Waals surface area contributed by atoms with Gasteiger partial charge in [0.1, 0.15) is 18.8 Å². The quantitative estimate of drug-likeness (QED) is 0.106. The second-order valence-corrected chi connectivity index (χ2v) is 15.1. The first-order valence-corrected chi connectivity index (χ1v) is 19.9. The van der Waals surface area contributed by atoms with Gasteiger partial charge in [0, 0.05) is 58.3 Å². The Balaban J connectivity index is 1.18. The fraction of sp³-hybridized carbons (Fsp3) is 0.634. The largest absolute Gasteiger partial charge is 0.464 e. The number of benzene rings is 2. The molecule has 3 fully saturated rings. The van der Waals surface area contributed by atoms with Crippen LogP contribution in [0.3, 0.4) is 0 Å². The zero-order valence-electron chi connectivity index (χ0n) is 32.5. The van der Waals surface area contributed by atoms with Gasteiger partial charge in [-0.2, -0.15) is 0 Å². The van der Waals surface area contributed by atoms with Gasteiger partial charge in [-0.15, -0.1) is 0 Å². The van der Waals surface area contributed by atoms with Gasteiger partial charge >= 0.3 is 18.2 Å². The summed E-state index contributed by atoms with van der Waals surface area (Å²) in [5.41, 5.74) is 0.963. The Morgan fingerprint density at radius 1 is 0.982 bits per heavy atom. The third kappa shape index (κ3) is 12.8. The van der Waals surface area contributed by atoms with Crippen LogP contribution in [-0.4, -0.2) is 97.9 Å². The lowest BCUT2D eigenvalue weighted by molar-refractivity contribution is -0.329. The molecule has 14 nitrogen and oxygen atoms in total. The highest BCUT2D eigenvalue weighted by Crippen LogP contribution is 2.41. The number of ether oxygens (including phenoxy) is 5. The molecule has 3 aliphatic heterocycles. The number of nitrogens with zero attached hydrogens (tertiary/aromatic N) is 1. The van der Waals surface area contributed by atoms with Gasteiger partial charge in [0.15, 0.2) is 5.79 Å². The van der Waals surface area contributed by atoms with E-state index in [0.717, 1.165) is 35.7 Å². The van der Waals surface area contributed by atoms with Crippen molar-refractivity contribution in [1.29, 1.82) is 0 Å². The van der Waals surface area contributed by atoms with Gasteiger partial charge in [0.2, 0.25) is 11.8 Å². The van der Waals surface area contributed by atoms with E-state index in [4.69, 9.17) is 23.7 Å². The molecule has 14 heteroatoms. The number of carbonyl (C=O) groups is 5. The molecule has 5 rings (SSSR count). The van der Waals surface area contributed by atoms with Crippen molar-refractivity contribution in [3.63, 3.8) is 0 Å². The lowest BCUT2D eigenvalue weighted by Crippen LogP contribution is -2.54. The van der Waals surface area contributed by atoms with E-state index < -0.39 is 48.3 Å². The number of likely N-dealkylation sites (tertiary alicyclic amines) is 1. The maximum Gasteiger partial charge on any atom is 0.407 e. The van der Waals surface area contributed by atoms with Gasteiger partial charge < -0.3 is 44.5 Å². The van der Waals surface area contributed by atoms with Crippen molar-refractivity contribution in [2.24, 2.45) is 5.92 Å². The molecule has 55 heavy (non-hydrogen) atoms. The smallest absolute Gasteiger partial charge is 0.407 e. The predicted molar refractivity (Wildman–Crippen MR) is 204 cm³/mol. The number of hydrogen-bond donors (Lipinski definition) is 3. The van der Waals surface area contributed by atoms with E-state index in [1.54, 1.807) is 6.92 Å². The topological polar surface area (TPSA) is 171 Å². The highest BCUT2D eigenvalue weighted by atomic mass is 16.7. The van der Waals surface area contributed by atoms with E-state index in [0.29, 0.717) is 58.0 Å². The Kier molecular flexibility index (Phi) is 15.5. The van der Waals surface area contributed by atoms with Gasteiger partial charge in [-0.05, 0) is 67.7 Å². The van der Waals surface area contributed by atoms with Gasteiger partial charge in [-0.25, -0.2) is 14.4 Å². The second-order valence-electron chi connectivity index (χ2n) is 15.1. The summed E-state index contributed by atoms with van der Waals surface area (Å²) in [7, 11) is 0. The first-order valence-electron chi connectivity index (χ1n) is 19.9. The van der Waals surface area contributed by atoms with Crippen LogP contribution < -0.4 is 16.0 Å². The summed E-state index contributed by atoms with van der Waals surface area (Å²) >= 11 is 0. The molecule has 0 aromatic heterocycles. The summed E-state index contributed by atoms with van der Waals surface area (Å²) in [6.45, 7) is 7.93. The van der Waals surface area contributed by atoms with E-state index in [1.807, 2.05) is 61.2 Å². The van der Waals surface area contributed by atoms with E-state index >= 15 is 0 Å². The molecule has 4 unspecified atom stereocenters. The zero-order chi connectivity index (χ0) is 39.2. The fourth-order valence-electron chi connectivity index (χ4n) is 7.68. The first kappa shape index (κ1) is 41.7. The van der Waals surface area contributed by atoms with Crippen molar-refractivity contribution >= 4 is 40.7 Å². The lowest BCUT2D eigenvalue weighted by atomic mass is 9.90. The van der Waals surface area contributed by atoms with Crippen molar-refractivity contribution in [2.75, 3.05) is 32.8 Å². The minimum absolute atomic E-state index is 0.0107. The lowest BCUT2D eigenvalue weighted by Gasteiger charge is -2.47. The van der Waals surface area contributed by atoms with Crippen LogP contribution in [0.25, 0.3) is 10.8 Å². The van der Waals surface area contributed by atoms with Crippen LogP contribution in [-0.2, 0) is 44.6 Å². The molecule has 0 radical (unpaired) electrons. The average molecular weight is 767 g/mol. The van der Waals surface area contributed by atoms with Gasteiger partial charge in [0.25, 0.3) is 0 Å². The maximum atomic E-state index is 13.2. The van der Waals surface area contributed by atoms with Crippen LogP contribution in [0.1, 0.15) is 97.0 Å². The SMILES string of the molecule is CCOC(=O)[C@H](CC(C)C)NC(=O)CCC1CC(OC(=O)NCc2cccc3ccccc23)CC2(CCCC(COC(=O)NCCCN3CCCC3=O)O2)O1. The Morgan fingerprint density at radius 3 is 2.56 bits per heavy atom.